The van der Waals surface area contributed by atoms with Gasteiger partial charge in [0.25, 0.3) is 11.8 Å². The Kier molecular flexibility index (Phi) is 6.36. The lowest BCUT2D eigenvalue weighted by Gasteiger charge is -2.27. The van der Waals surface area contributed by atoms with Gasteiger partial charge in [0.15, 0.2) is 11.5 Å². The van der Waals surface area contributed by atoms with Crippen LogP contribution < -0.4 is 9.47 Å². The molecule has 1 saturated heterocycles. The fourth-order valence-electron chi connectivity index (χ4n) is 3.27. The fourth-order valence-corrected chi connectivity index (χ4v) is 3.56. The van der Waals surface area contributed by atoms with E-state index in [-0.39, 0.29) is 16.5 Å². The number of ether oxygens (including phenoxy) is 3. The molecule has 27 heavy (non-hydrogen) atoms. The van der Waals surface area contributed by atoms with Crippen molar-refractivity contribution in [3.8, 4) is 11.5 Å². The molecular weight excluding hydrogens is 372 g/mol. The van der Waals surface area contributed by atoms with Gasteiger partial charge < -0.3 is 14.2 Å². The van der Waals surface area contributed by atoms with E-state index in [0.29, 0.717) is 30.0 Å². The first-order valence-corrected chi connectivity index (χ1v) is 9.23. The van der Waals surface area contributed by atoms with Gasteiger partial charge in [0.2, 0.25) is 0 Å². The summed E-state index contributed by atoms with van der Waals surface area (Å²) in [6.07, 6.45) is 0.695. The molecule has 1 fully saturated rings. The van der Waals surface area contributed by atoms with Crippen molar-refractivity contribution in [1.82, 2.24) is 9.80 Å². The zero-order valence-electron chi connectivity index (χ0n) is 15.5. The lowest BCUT2D eigenvalue weighted by atomic mass is 10.1. The Hall–Kier alpha value is -2.09. The van der Waals surface area contributed by atoms with Gasteiger partial charge in [-0.1, -0.05) is 17.7 Å². The molecule has 1 aromatic carbocycles. The van der Waals surface area contributed by atoms with Crippen LogP contribution in [-0.4, -0.2) is 75.2 Å². The summed E-state index contributed by atoms with van der Waals surface area (Å²) >= 11 is 6.22. The van der Waals surface area contributed by atoms with Crippen LogP contribution >= 0.6 is 11.6 Å². The standard InChI is InChI=1S/C19H23ClN2O5/c1-25-14-5-4-13(12-15(14)26-2)16-17(20)19(24)22(18(16)23)7-3-6-21-8-10-27-11-9-21/h4-5,12H,3,6-11H2,1-2H3. The van der Waals surface area contributed by atoms with Crippen LogP contribution in [0.3, 0.4) is 0 Å². The third-order valence-corrected chi connectivity index (χ3v) is 5.09. The Morgan fingerprint density at radius 3 is 2.41 bits per heavy atom. The molecule has 0 unspecified atom stereocenters. The summed E-state index contributed by atoms with van der Waals surface area (Å²) in [6.45, 7) is 4.33. The molecule has 8 heteroatoms. The van der Waals surface area contributed by atoms with Crippen molar-refractivity contribution >= 4 is 29.0 Å². The van der Waals surface area contributed by atoms with E-state index in [4.69, 9.17) is 25.8 Å². The van der Waals surface area contributed by atoms with Crippen LogP contribution in [0.2, 0.25) is 0 Å². The Morgan fingerprint density at radius 2 is 1.74 bits per heavy atom. The van der Waals surface area contributed by atoms with Gasteiger partial charge in [-0.2, -0.15) is 0 Å². The SMILES string of the molecule is COc1ccc(C2=C(Cl)C(=O)N(CCCN3CCOCC3)C2=O)cc1OC. The van der Waals surface area contributed by atoms with Crippen molar-refractivity contribution in [3.63, 3.8) is 0 Å². The molecule has 0 aromatic heterocycles. The fraction of sp³-hybridized carbons (Fsp3) is 0.474. The largest absolute Gasteiger partial charge is 0.493 e. The van der Waals surface area contributed by atoms with Crippen molar-refractivity contribution in [1.29, 1.82) is 0 Å². The average Bonchev–Trinajstić information content (AvgIpc) is 2.91. The highest BCUT2D eigenvalue weighted by Gasteiger charge is 2.38. The maximum atomic E-state index is 12.8. The lowest BCUT2D eigenvalue weighted by Crippen LogP contribution is -2.39. The van der Waals surface area contributed by atoms with E-state index in [1.54, 1.807) is 18.2 Å². The van der Waals surface area contributed by atoms with Crippen molar-refractivity contribution in [2.24, 2.45) is 0 Å². The Morgan fingerprint density at radius 1 is 1.04 bits per heavy atom. The summed E-state index contributed by atoms with van der Waals surface area (Å²) in [5.41, 5.74) is 0.737. The first-order chi connectivity index (χ1) is 13.1. The number of carbonyl (C=O) groups is 2. The average molecular weight is 395 g/mol. The second-order valence-electron chi connectivity index (χ2n) is 6.33. The first-order valence-electron chi connectivity index (χ1n) is 8.85. The number of methoxy groups -OCH3 is 2. The van der Waals surface area contributed by atoms with Crippen molar-refractivity contribution in [3.05, 3.63) is 28.8 Å². The number of morpholine rings is 1. The Bertz CT molecular complexity index is 758. The third kappa shape index (κ3) is 4.10. The molecular formula is C19H23ClN2O5. The second-order valence-corrected chi connectivity index (χ2v) is 6.71. The summed E-state index contributed by atoms with van der Waals surface area (Å²) in [5, 5.41) is -0.0569. The van der Waals surface area contributed by atoms with E-state index in [1.165, 1.54) is 19.1 Å². The number of benzene rings is 1. The van der Waals surface area contributed by atoms with E-state index in [0.717, 1.165) is 32.8 Å². The molecule has 2 amide bonds. The molecule has 2 aliphatic heterocycles. The van der Waals surface area contributed by atoms with Gasteiger partial charge in [0, 0.05) is 26.2 Å². The smallest absolute Gasteiger partial charge is 0.273 e. The Labute approximate surface area is 163 Å². The third-order valence-electron chi connectivity index (χ3n) is 4.74. The summed E-state index contributed by atoms with van der Waals surface area (Å²) in [7, 11) is 3.04. The molecule has 0 bridgehead atoms. The number of hydrogen-bond acceptors (Lipinski definition) is 6. The highest BCUT2D eigenvalue weighted by molar-refractivity contribution is 6.55. The quantitative estimate of drug-likeness (QED) is 0.656. The number of halogens is 1. The minimum Gasteiger partial charge on any atom is -0.493 e. The van der Waals surface area contributed by atoms with Gasteiger partial charge in [0.1, 0.15) is 5.03 Å². The molecule has 0 saturated carbocycles. The summed E-state index contributed by atoms with van der Waals surface area (Å²) in [5.74, 6) is 0.183. The van der Waals surface area contributed by atoms with Gasteiger partial charge in [-0.3, -0.25) is 19.4 Å². The van der Waals surface area contributed by atoms with Crippen LogP contribution in [0.5, 0.6) is 11.5 Å². The van der Waals surface area contributed by atoms with Gasteiger partial charge in [-0.15, -0.1) is 0 Å². The number of nitrogens with zero attached hydrogens (tertiary/aromatic N) is 2. The van der Waals surface area contributed by atoms with Gasteiger partial charge in [-0.25, -0.2) is 0 Å². The maximum Gasteiger partial charge on any atom is 0.273 e. The van der Waals surface area contributed by atoms with E-state index in [1.807, 2.05) is 0 Å². The summed E-state index contributed by atoms with van der Waals surface area (Å²) in [4.78, 5) is 28.8. The van der Waals surface area contributed by atoms with Gasteiger partial charge in [-0.05, 0) is 24.1 Å². The Balaban J connectivity index is 1.70. The molecule has 7 nitrogen and oxygen atoms in total. The van der Waals surface area contributed by atoms with Crippen molar-refractivity contribution in [2.45, 2.75) is 6.42 Å². The topological polar surface area (TPSA) is 68.3 Å². The van der Waals surface area contributed by atoms with Gasteiger partial charge in [0.05, 0.1) is 33.0 Å². The minimum absolute atomic E-state index is 0.0569. The molecule has 0 radical (unpaired) electrons. The van der Waals surface area contributed by atoms with Crippen LogP contribution in [-0.2, 0) is 14.3 Å². The highest BCUT2D eigenvalue weighted by Crippen LogP contribution is 2.36. The predicted molar refractivity (Wildman–Crippen MR) is 101 cm³/mol. The predicted octanol–water partition coefficient (Wildman–Crippen LogP) is 1.74. The molecule has 2 aliphatic rings. The van der Waals surface area contributed by atoms with Crippen LogP contribution in [0.15, 0.2) is 23.2 Å². The van der Waals surface area contributed by atoms with Crippen LogP contribution in [0, 0.1) is 0 Å². The number of amides is 2. The molecule has 0 atom stereocenters. The molecule has 2 heterocycles. The zero-order chi connectivity index (χ0) is 19.4. The molecule has 3 rings (SSSR count). The number of imide groups is 1. The first kappa shape index (κ1) is 19.7. The molecule has 0 spiro atoms. The van der Waals surface area contributed by atoms with Crippen LogP contribution in [0.25, 0.3) is 5.57 Å². The molecule has 1 aromatic rings. The van der Waals surface area contributed by atoms with E-state index in [2.05, 4.69) is 4.90 Å². The van der Waals surface area contributed by atoms with Crippen molar-refractivity contribution in [2.75, 3.05) is 53.6 Å². The van der Waals surface area contributed by atoms with Crippen LogP contribution in [0.1, 0.15) is 12.0 Å². The monoisotopic (exact) mass is 394 g/mol. The highest BCUT2D eigenvalue weighted by atomic mass is 35.5. The lowest BCUT2D eigenvalue weighted by molar-refractivity contribution is -0.136. The zero-order valence-corrected chi connectivity index (χ0v) is 16.3. The normalized spacial score (nSPS) is 18.4. The van der Waals surface area contributed by atoms with Crippen molar-refractivity contribution < 1.29 is 23.8 Å². The molecule has 0 N–H and O–H groups in total. The number of hydrogen-bond donors (Lipinski definition) is 0. The maximum absolute atomic E-state index is 12.8. The van der Waals surface area contributed by atoms with E-state index < -0.39 is 5.91 Å². The number of carbonyl (C=O) groups excluding carboxylic acids is 2. The van der Waals surface area contributed by atoms with E-state index >= 15 is 0 Å². The number of rotatable bonds is 7. The summed E-state index contributed by atoms with van der Waals surface area (Å²) < 4.78 is 15.8. The molecule has 0 aliphatic carbocycles. The van der Waals surface area contributed by atoms with Crippen LogP contribution in [0.4, 0.5) is 0 Å². The van der Waals surface area contributed by atoms with E-state index in [9.17, 15) is 9.59 Å². The minimum atomic E-state index is -0.451. The van der Waals surface area contributed by atoms with Gasteiger partial charge >= 0.3 is 0 Å². The second kappa shape index (κ2) is 8.73. The summed E-state index contributed by atoms with van der Waals surface area (Å²) in [6, 6.07) is 5.03. The molecule has 146 valence electrons.